The predicted octanol–water partition coefficient (Wildman–Crippen LogP) is 4.67. The summed E-state index contributed by atoms with van der Waals surface area (Å²) in [5.74, 6) is -5.51. The third kappa shape index (κ3) is 4.76. The van der Waals surface area contributed by atoms with Gasteiger partial charge < -0.3 is 14.2 Å². The summed E-state index contributed by atoms with van der Waals surface area (Å²) >= 11 is 0. The van der Waals surface area contributed by atoms with Crippen LogP contribution in [0.25, 0.3) is 0 Å². The van der Waals surface area contributed by atoms with Gasteiger partial charge in [-0.1, -0.05) is 33.3 Å². The number of alkyl halides is 3. The maximum Gasteiger partial charge on any atom is 0.490 e. The molecule has 0 spiro atoms. The van der Waals surface area contributed by atoms with E-state index in [0.29, 0.717) is 19.3 Å². The molecule has 0 aromatic carbocycles. The number of rotatable bonds is 6. The molecule has 4 aliphatic rings. The number of hydrogen-bond donors (Lipinski definition) is 0. The van der Waals surface area contributed by atoms with Crippen LogP contribution in [-0.2, 0) is 38.2 Å². The highest BCUT2D eigenvalue weighted by Gasteiger charge is 2.72. The molecule has 0 N–H and O–H groups in total. The first-order valence-electron chi connectivity index (χ1n) is 13.9. The fraction of sp³-hybridized carbons (Fsp3) is 0.759. The molecule has 2 unspecified atom stereocenters. The molecule has 8 nitrogen and oxygen atoms in total. The van der Waals surface area contributed by atoms with E-state index in [2.05, 4.69) is 0 Å². The van der Waals surface area contributed by atoms with Crippen LogP contribution in [0.1, 0.15) is 79.6 Å². The Labute approximate surface area is 231 Å². The fourth-order valence-corrected chi connectivity index (χ4v) is 8.62. The van der Waals surface area contributed by atoms with Gasteiger partial charge in [0.05, 0.1) is 0 Å². The van der Waals surface area contributed by atoms with Crippen molar-refractivity contribution in [2.45, 2.75) is 97.4 Å². The number of carbonyl (C=O) groups is 5. The van der Waals surface area contributed by atoms with Gasteiger partial charge >= 0.3 is 24.1 Å². The molecule has 0 radical (unpaired) electrons. The Morgan fingerprint density at radius 2 is 1.80 bits per heavy atom. The monoisotopic (exact) mass is 570 g/mol. The quantitative estimate of drug-likeness (QED) is 0.335. The molecule has 8 atom stereocenters. The van der Waals surface area contributed by atoms with Crippen molar-refractivity contribution in [2.75, 3.05) is 6.61 Å². The van der Waals surface area contributed by atoms with Gasteiger partial charge in [-0.2, -0.15) is 13.2 Å². The zero-order valence-corrected chi connectivity index (χ0v) is 23.5. The van der Waals surface area contributed by atoms with E-state index in [9.17, 15) is 37.1 Å². The minimum Gasteiger partial charge on any atom is -0.458 e. The summed E-state index contributed by atoms with van der Waals surface area (Å²) < 4.78 is 56.7. The van der Waals surface area contributed by atoms with Crippen molar-refractivity contribution < 1.29 is 51.4 Å². The van der Waals surface area contributed by atoms with Gasteiger partial charge in [0.15, 0.2) is 18.0 Å². The van der Waals surface area contributed by atoms with E-state index in [1.165, 1.54) is 0 Å². The van der Waals surface area contributed by atoms with E-state index in [4.69, 9.17) is 14.2 Å². The third-order valence-electron chi connectivity index (χ3n) is 10.2. The number of carbonyl (C=O) groups excluding carboxylic acids is 5. The molecule has 0 aromatic heterocycles. The molecule has 40 heavy (non-hydrogen) atoms. The minimum atomic E-state index is -5.23. The third-order valence-corrected chi connectivity index (χ3v) is 10.2. The number of allylic oxidation sites excluding steroid dienone is 1. The Morgan fingerprint density at radius 1 is 1.12 bits per heavy atom. The van der Waals surface area contributed by atoms with E-state index >= 15 is 0 Å². The lowest BCUT2D eigenvalue weighted by Gasteiger charge is -2.62. The molecule has 0 saturated heterocycles. The van der Waals surface area contributed by atoms with Crippen molar-refractivity contribution in [3.63, 3.8) is 0 Å². The number of fused-ring (bicyclic) bond motifs is 5. The molecule has 0 heterocycles. The SMILES string of the molecule is CCC(=O)O[C@]1(C(=O)COC(C)=O)CC[C@H]2[C@@H]3CC(C)C4=CC(=O)CC[C@]4(C)[C@H]3C(OC(=O)C(F)(F)F)C[C@@]21C. The first kappa shape index (κ1) is 30.2. The van der Waals surface area contributed by atoms with E-state index in [-0.39, 0.29) is 49.2 Å². The molecular weight excluding hydrogens is 533 g/mol. The molecule has 3 fully saturated rings. The number of ether oxygens (including phenoxy) is 3. The Hall–Kier alpha value is -2.72. The van der Waals surface area contributed by atoms with Crippen LogP contribution >= 0.6 is 0 Å². The van der Waals surface area contributed by atoms with E-state index in [1.807, 2.05) is 13.8 Å². The van der Waals surface area contributed by atoms with Crippen LogP contribution in [0.2, 0.25) is 0 Å². The number of halogens is 3. The lowest BCUT2D eigenvalue weighted by molar-refractivity contribution is -0.231. The maximum absolute atomic E-state index is 13.7. The second-order valence-corrected chi connectivity index (χ2v) is 12.4. The number of ketones is 2. The highest BCUT2D eigenvalue weighted by Crippen LogP contribution is 2.69. The maximum atomic E-state index is 13.7. The van der Waals surface area contributed by atoms with Crippen LogP contribution < -0.4 is 0 Å². The summed E-state index contributed by atoms with van der Waals surface area (Å²) in [6.07, 6.45) is -3.38. The first-order valence-corrected chi connectivity index (χ1v) is 13.9. The lowest BCUT2D eigenvalue weighted by atomic mass is 9.44. The van der Waals surface area contributed by atoms with E-state index in [1.54, 1.807) is 19.9 Å². The Balaban J connectivity index is 1.85. The second kappa shape index (κ2) is 10.3. The highest BCUT2D eigenvalue weighted by atomic mass is 19.4. The van der Waals surface area contributed by atoms with Crippen LogP contribution in [0.4, 0.5) is 13.2 Å². The average Bonchev–Trinajstić information content (AvgIpc) is 3.15. The topological polar surface area (TPSA) is 113 Å². The first-order chi connectivity index (χ1) is 18.5. The number of esters is 3. The second-order valence-electron chi connectivity index (χ2n) is 12.4. The number of hydrogen-bond acceptors (Lipinski definition) is 8. The Kier molecular flexibility index (Phi) is 7.77. The number of Topliss-reactive ketones (excluding diaryl/α,β-unsaturated/α-hetero) is 1. The van der Waals surface area contributed by atoms with Gasteiger partial charge in [0.25, 0.3) is 0 Å². The van der Waals surface area contributed by atoms with Crippen molar-refractivity contribution in [3.05, 3.63) is 11.6 Å². The van der Waals surface area contributed by atoms with Gasteiger partial charge in [0, 0.05) is 31.1 Å². The largest absolute Gasteiger partial charge is 0.490 e. The van der Waals surface area contributed by atoms with Gasteiger partial charge in [-0.15, -0.1) is 0 Å². The zero-order valence-electron chi connectivity index (χ0n) is 23.5. The minimum absolute atomic E-state index is 0.0373. The predicted molar refractivity (Wildman–Crippen MR) is 133 cm³/mol. The molecule has 4 rings (SSSR count). The standard InChI is InChI=1S/C29H37F3O8/c1-6-23(36)40-28(22(35)14-38-16(3)33)10-8-19-18-11-15(2)20-12-17(34)7-9-26(20,4)24(18)21(13-27(19,28)5)39-25(37)29(30,31)32/h12,15,18-19,21,24H,6-11,13-14H2,1-5H3/t15?,18-,19-,21?,24+,26-,27-,28-/m0/s1. The normalized spacial score (nSPS) is 38.8. The molecular formula is C29H37F3O8. The van der Waals surface area contributed by atoms with Crippen molar-refractivity contribution in [1.29, 1.82) is 0 Å². The molecule has 0 aliphatic heterocycles. The van der Waals surface area contributed by atoms with Crippen LogP contribution in [0.15, 0.2) is 11.6 Å². The fourth-order valence-electron chi connectivity index (χ4n) is 8.62. The van der Waals surface area contributed by atoms with Crippen molar-refractivity contribution in [2.24, 2.45) is 34.5 Å². The smallest absolute Gasteiger partial charge is 0.458 e. The van der Waals surface area contributed by atoms with Crippen LogP contribution in [0.5, 0.6) is 0 Å². The van der Waals surface area contributed by atoms with Crippen molar-refractivity contribution in [3.8, 4) is 0 Å². The summed E-state index contributed by atoms with van der Waals surface area (Å²) in [6, 6.07) is 0. The van der Waals surface area contributed by atoms with E-state index in [0.717, 1.165) is 12.5 Å². The summed E-state index contributed by atoms with van der Waals surface area (Å²) in [5.41, 5.74) is -2.80. The van der Waals surface area contributed by atoms with Gasteiger partial charge in [0.2, 0.25) is 5.78 Å². The van der Waals surface area contributed by atoms with Crippen LogP contribution in [-0.4, -0.2) is 54.0 Å². The molecule has 4 aliphatic carbocycles. The summed E-state index contributed by atoms with van der Waals surface area (Å²) in [6.45, 7) is 7.67. The van der Waals surface area contributed by atoms with Crippen LogP contribution in [0.3, 0.4) is 0 Å². The van der Waals surface area contributed by atoms with E-state index < -0.39 is 64.9 Å². The Bertz CT molecular complexity index is 1140. The molecule has 0 bridgehead atoms. The molecule has 0 aromatic rings. The highest BCUT2D eigenvalue weighted by molar-refractivity contribution is 5.93. The molecule has 222 valence electrons. The lowest BCUT2D eigenvalue weighted by Crippen LogP contribution is -2.64. The van der Waals surface area contributed by atoms with Crippen LogP contribution in [0, 0.1) is 34.5 Å². The zero-order chi connectivity index (χ0) is 29.8. The van der Waals surface area contributed by atoms with Gasteiger partial charge in [0.1, 0.15) is 6.10 Å². The summed E-state index contributed by atoms with van der Waals surface area (Å²) in [4.78, 5) is 62.5. The summed E-state index contributed by atoms with van der Waals surface area (Å²) in [7, 11) is 0. The van der Waals surface area contributed by atoms with Crippen molar-refractivity contribution in [1.82, 2.24) is 0 Å². The molecule has 0 amide bonds. The average molecular weight is 571 g/mol. The van der Waals surface area contributed by atoms with Gasteiger partial charge in [-0.3, -0.25) is 19.2 Å². The van der Waals surface area contributed by atoms with Gasteiger partial charge in [-0.25, -0.2) is 4.79 Å². The summed E-state index contributed by atoms with van der Waals surface area (Å²) in [5, 5.41) is 0. The van der Waals surface area contributed by atoms with Crippen molar-refractivity contribution >= 4 is 29.5 Å². The molecule has 11 heteroatoms. The Morgan fingerprint density at radius 3 is 2.40 bits per heavy atom. The molecule has 3 saturated carbocycles. The van der Waals surface area contributed by atoms with Gasteiger partial charge in [-0.05, 0) is 61.3 Å².